The first-order valence-corrected chi connectivity index (χ1v) is 8.33. The van der Waals surface area contributed by atoms with Crippen LogP contribution in [0.2, 0.25) is 5.02 Å². The van der Waals surface area contributed by atoms with Gasteiger partial charge in [-0.05, 0) is 31.2 Å². The lowest BCUT2D eigenvalue weighted by Crippen LogP contribution is -2.16. The van der Waals surface area contributed by atoms with Crippen LogP contribution < -0.4 is 10.1 Å². The third-order valence-electron chi connectivity index (χ3n) is 3.97. The SMILES string of the molecule is COc1cccc(-n2nc(C(=O)O)c(C)c2NC(=O)c2ccccc2Cl)c1. The molecular weight excluding hydrogens is 370 g/mol. The molecule has 1 aromatic heterocycles. The molecule has 7 nitrogen and oxygen atoms in total. The molecule has 0 aliphatic rings. The standard InChI is InChI=1S/C19H16ClN3O4/c1-11-16(19(25)26)22-23(12-6-5-7-13(10-12)27-2)17(11)21-18(24)14-8-3-4-9-15(14)20/h3-10H,1-2H3,(H,21,24)(H,25,26). The van der Waals surface area contributed by atoms with Crippen molar-refractivity contribution < 1.29 is 19.4 Å². The number of nitrogens with zero attached hydrogens (tertiary/aromatic N) is 2. The Balaban J connectivity index is 2.09. The average molecular weight is 386 g/mol. The molecule has 0 saturated carbocycles. The highest BCUT2D eigenvalue weighted by molar-refractivity contribution is 6.34. The molecule has 1 amide bonds. The second kappa shape index (κ2) is 7.51. The number of aromatic nitrogens is 2. The van der Waals surface area contributed by atoms with Gasteiger partial charge in [0, 0.05) is 11.6 Å². The zero-order valence-corrected chi connectivity index (χ0v) is 15.3. The molecule has 8 heteroatoms. The minimum atomic E-state index is -1.19. The fraction of sp³-hybridized carbons (Fsp3) is 0.105. The van der Waals surface area contributed by atoms with Crippen molar-refractivity contribution in [3.8, 4) is 11.4 Å². The van der Waals surface area contributed by atoms with E-state index in [-0.39, 0.29) is 17.1 Å². The summed E-state index contributed by atoms with van der Waals surface area (Å²) >= 11 is 6.08. The molecule has 0 atom stereocenters. The molecule has 0 spiro atoms. The molecule has 0 fully saturated rings. The number of carbonyl (C=O) groups excluding carboxylic acids is 1. The Morgan fingerprint density at radius 3 is 2.59 bits per heavy atom. The molecule has 2 aromatic carbocycles. The van der Waals surface area contributed by atoms with E-state index in [2.05, 4.69) is 10.4 Å². The number of hydrogen-bond acceptors (Lipinski definition) is 4. The van der Waals surface area contributed by atoms with E-state index in [0.717, 1.165) is 0 Å². The lowest BCUT2D eigenvalue weighted by atomic mass is 10.2. The summed E-state index contributed by atoms with van der Waals surface area (Å²) in [5.41, 5.74) is 0.978. The van der Waals surface area contributed by atoms with Crippen LogP contribution in [-0.4, -0.2) is 33.9 Å². The number of aromatic carboxylic acids is 1. The van der Waals surface area contributed by atoms with Crippen molar-refractivity contribution in [2.24, 2.45) is 0 Å². The summed E-state index contributed by atoms with van der Waals surface area (Å²) in [6, 6.07) is 13.5. The minimum Gasteiger partial charge on any atom is -0.497 e. The van der Waals surface area contributed by atoms with Crippen LogP contribution in [0.25, 0.3) is 5.69 Å². The molecule has 1 heterocycles. The highest BCUT2D eigenvalue weighted by Crippen LogP contribution is 2.26. The second-order valence-electron chi connectivity index (χ2n) is 5.67. The first-order chi connectivity index (χ1) is 12.9. The second-order valence-corrected chi connectivity index (χ2v) is 6.08. The summed E-state index contributed by atoms with van der Waals surface area (Å²) in [6.07, 6.45) is 0. The first kappa shape index (κ1) is 18.5. The number of carboxylic acids is 1. The smallest absolute Gasteiger partial charge is 0.356 e. The van der Waals surface area contributed by atoms with Gasteiger partial charge in [-0.1, -0.05) is 29.8 Å². The molecule has 0 unspecified atom stereocenters. The molecule has 0 radical (unpaired) electrons. The molecule has 2 N–H and O–H groups in total. The topological polar surface area (TPSA) is 93.5 Å². The van der Waals surface area contributed by atoms with Crippen molar-refractivity contribution in [2.45, 2.75) is 6.92 Å². The monoisotopic (exact) mass is 385 g/mol. The molecule has 0 aliphatic heterocycles. The quantitative estimate of drug-likeness (QED) is 0.696. The Hall–Kier alpha value is -3.32. The predicted octanol–water partition coefficient (Wildman–Crippen LogP) is 3.79. The summed E-state index contributed by atoms with van der Waals surface area (Å²) < 4.78 is 6.56. The summed E-state index contributed by atoms with van der Waals surface area (Å²) in [6.45, 7) is 1.58. The van der Waals surface area contributed by atoms with Crippen LogP contribution in [0.5, 0.6) is 5.75 Å². The summed E-state index contributed by atoms with van der Waals surface area (Å²) in [5, 5.41) is 16.6. The number of carboxylic acid groups (broad SMARTS) is 1. The fourth-order valence-corrected chi connectivity index (χ4v) is 2.82. The molecule has 138 valence electrons. The molecule has 3 rings (SSSR count). The van der Waals surface area contributed by atoms with Crippen molar-refractivity contribution >= 4 is 29.3 Å². The van der Waals surface area contributed by atoms with Gasteiger partial charge in [0.2, 0.25) is 0 Å². The van der Waals surface area contributed by atoms with Gasteiger partial charge in [-0.25, -0.2) is 9.48 Å². The molecule has 0 aliphatic carbocycles. The third-order valence-corrected chi connectivity index (χ3v) is 4.30. The van der Waals surface area contributed by atoms with E-state index in [1.54, 1.807) is 55.5 Å². The lowest BCUT2D eigenvalue weighted by Gasteiger charge is -2.11. The Labute approximate surface area is 160 Å². The van der Waals surface area contributed by atoms with E-state index in [1.807, 2.05) is 0 Å². The van der Waals surface area contributed by atoms with Crippen molar-refractivity contribution in [1.29, 1.82) is 0 Å². The molecule has 0 saturated heterocycles. The number of benzene rings is 2. The fourth-order valence-electron chi connectivity index (χ4n) is 2.60. The van der Waals surface area contributed by atoms with Crippen molar-refractivity contribution in [2.75, 3.05) is 12.4 Å². The number of rotatable bonds is 5. The minimum absolute atomic E-state index is 0.160. The number of carbonyl (C=O) groups is 2. The van der Waals surface area contributed by atoms with Gasteiger partial charge in [0.25, 0.3) is 5.91 Å². The van der Waals surface area contributed by atoms with Crippen LogP contribution in [0, 0.1) is 6.92 Å². The van der Waals surface area contributed by atoms with Gasteiger partial charge in [0.1, 0.15) is 11.6 Å². The highest BCUT2D eigenvalue weighted by atomic mass is 35.5. The number of hydrogen-bond donors (Lipinski definition) is 2. The summed E-state index contributed by atoms with van der Waals surface area (Å²) in [5.74, 6) is -0.849. The van der Waals surface area contributed by atoms with Gasteiger partial charge in [-0.15, -0.1) is 0 Å². The summed E-state index contributed by atoms with van der Waals surface area (Å²) in [4.78, 5) is 24.2. The zero-order chi connectivity index (χ0) is 19.6. The largest absolute Gasteiger partial charge is 0.497 e. The maximum Gasteiger partial charge on any atom is 0.356 e. The van der Waals surface area contributed by atoms with Gasteiger partial charge in [-0.3, -0.25) is 4.79 Å². The van der Waals surface area contributed by atoms with Crippen molar-refractivity contribution in [3.63, 3.8) is 0 Å². The number of ether oxygens (including phenoxy) is 1. The lowest BCUT2D eigenvalue weighted by molar-refractivity contribution is 0.0689. The van der Waals surface area contributed by atoms with Gasteiger partial charge < -0.3 is 15.2 Å². The number of nitrogens with one attached hydrogen (secondary N) is 1. The van der Waals surface area contributed by atoms with E-state index in [4.69, 9.17) is 16.3 Å². The number of anilines is 1. The number of halogens is 1. The normalized spacial score (nSPS) is 10.5. The van der Waals surface area contributed by atoms with Crippen molar-refractivity contribution in [1.82, 2.24) is 9.78 Å². The Kier molecular flexibility index (Phi) is 5.14. The van der Waals surface area contributed by atoms with Gasteiger partial charge in [0.05, 0.1) is 23.4 Å². The van der Waals surface area contributed by atoms with E-state index in [0.29, 0.717) is 22.0 Å². The Morgan fingerprint density at radius 1 is 1.19 bits per heavy atom. The van der Waals surface area contributed by atoms with Crippen LogP contribution in [0.4, 0.5) is 5.82 Å². The first-order valence-electron chi connectivity index (χ1n) is 7.95. The van der Waals surface area contributed by atoms with E-state index in [9.17, 15) is 14.7 Å². The third kappa shape index (κ3) is 3.63. The van der Waals surface area contributed by atoms with E-state index in [1.165, 1.54) is 11.8 Å². The molecule has 0 bridgehead atoms. The maximum absolute atomic E-state index is 12.7. The van der Waals surface area contributed by atoms with Crippen molar-refractivity contribution in [3.05, 3.63) is 70.4 Å². The molecule has 3 aromatic rings. The maximum atomic E-state index is 12.7. The predicted molar refractivity (Wildman–Crippen MR) is 101 cm³/mol. The Morgan fingerprint density at radius 2 is 1.93 bits per heavy atom. The van der Waals surface area contributed by atoms with Crippen LogP contribution in [0.1, 0.15) is 26.4 Å². The number of amides is 1. The molecule has 27 heavy (non-hydrogen) atoms. The zero-order valence-electron chi connectivity index (χ0n) is 14.6. The number of methoxy groups -OCH3 is 1. The van der Waals surface area contributed by atoms with Crippen LogP contribution >= 0.6 is 11.6 Å². The van der Waals surface area contributed by atoms with Gasteiger partial charge >= 0.3 is 5.97 Å². The molecular formula is C19H16ClN3O4. The van der Waals surface area contributed by atoms with Gasteiger partial charge in [0.15, 0.2) is 5.69 Å². The van der Waals surface area contributed by atoms with Crippen LogP contribution in [0.3, 0.4) is 0 Å². The Bertz CT molecular complexity index is 1030. The van der Waals surface area contributed by atoms with Crippen LogP contribution in [0.15, 0.2) is 48.5 Å². The average Bonchev–Trinajstić information content (AvgIpc) is 2.99. The van der Waals surface area contributed by atoms with Gasteiger partial charge in [-0.2, -0.15) is 5.10 Å². The summed E-state index contributed by atoms with van der Waals surface area (Å²) in [7, 11) is 1.52. The van der Waals surface area contributed by atoms with E-state index >= 15 is 0 Å². The van der Waals surface area contributed by atoms with Crippen LogP contribution in [-0.2, 0) is 0 Å². The highest BCUT2D eigenvalue weighted by Gasteiger charge is 2.23. The van der Waals surface area contributed by atoms with E-state index < -0.39 is 11.9 Å².